The summed E-state index contributed by atoms with van der Waals surface area (Å²) in [6, 6.07) is 10.3. The zero-order chi connectivity index (χ0) is 15.5. The molecule has 0 radical (unpaired) electrons. The maximum absolute atomic E-state index is 13.5. The molecule has 0 saturated heterocycles. The second kappa shape index (κ2) is 6.43. The Morgan fingerprint density at radius 2 is 1.95 bits per heavy atom. The van der Waals surface area contributed by atoms with Crippen LogP contribution in [0.5, 0.6) is 5.75 Å². The van der Waals surface area contributed by atoms with Gasteiger partial charge in [-0.05, 0) is 29.8 Å². The molecule has 0 aromatic heterocycles. The summed E-state index contributed by atoms with van der Waals surface area (Å²) < 4.78 is 45.0. The first-order valence-electron chi connectivity index (χ1n) is 6.00. The molecule has 0 aliphatic carbocycles. The van der Waals surface area contributed by atoms with E-state index >= 15 is 0 Å². The van der Waals surface area contributed by atoms with Crippen molar-refractivity contribution in [2.45, 2.75) is 11.4 Å². The molecule has 2 rings (SSSR count). The van der Waals surface area contributed by atoms with E-state index in [4.69, 9.17) is 16.3 Å². The van der Waals surface area contributed by atoms with Gasteiger partial charge in [0.25, 0.3) is 0 Å². The molecule has 0 saturated carbocycles. The summed E-state index contributed by atoms with van der Waals surface area (Å²) in [6.07, 6.45) is 0. The Kier molecular flexibility index (Phi) is 4.82. The lowest BCUT2D eigenvalue weighted by Gasteiger charge is -2.09. The Morgan fingerprint density at radius 3 is 2.57 bits per heavy atom. The van der Waals surface area contributed by atoms with E-state index in [0.717, 1.165) is 0 Å². The van der Waals surface area contributed by atoms with E-state index in [1.54, 1.807) is 18.2 Å². The molecule has 0 bridgehead atoms. The van der Waals surface area contributed by atoms with E-state index in [1.807, 2.05) is 0 Å². The highest BCUT2D eigenvalue weighted by Gasteiger charge is 2.17. The molecule has 112 valence electrons. The summed E-state index contributed by atoms with van der Waals surface area (Å²) in [4.78, 5) is -0.0133. The first-order valence-corrected chi connectivity index (χ1v) is 7.87. The van der Waals surface area contributed by atoms with Crippen LogP contribution in [0.1, 0.15) is 5.56 Å². The molecule has 2 aromatic rings. The van der Waals surface area contributed by atoms with Crippen molar-refractivity contribution in [2.75, 3.05) is 7.11 Å². The van der Waals surface area contributed by atoms with Crippen molar-refractivity contribution in [3.8, 4) is 5.75 Å². The zero-order valence-electron chi connectivity index (χ0n) is 11.1. The quantitative estimate of drug-likeness (QED) is 0.917. The largest absolute Gasteiger partial charge is 0.494 e. The van der Waals surface area contributed by atoms with Crippen molar-refractivity contribution in [2.24, 2.45) is 0 Å². The van der Waals surface area contributed by atoms with Gasteiger partial charge in [0.15, 0.2) is 11.6 Å². The molecule has 0 heterocycles. The minimum atomic E-state index is -3.75. The van der Waals surface area contributed by atoms with E-state index in [-0.39, 0.29) is 22.2 Å². The van der Waals surface area contributed by atoms with Crippen LogP contribution in [-0.2, 0) is 16.6 Å². The Labute approximate surface area is 127 Å². The number of hydrogen-bond donors (Lipinski definition) is 1. The van der Waals surface area contributed by atoms with Gasteiger partial charge in [-0.1, -0.05) is 29.8 Å². The number of benzene rings is 2. The minimum absolute atomic E-state index is 0.0133. The lowest BCUT2D eigenvalue weighted by molar-refractivity contribution is 0.386. The van der Waals surface area contributed by atoms with Gasteiger partial charge >= 0.3 is 0 Å². The van der Waals surface area contributed by atoms with Gasteiger partial charge < -0.3 is 4.74 Å². The zero-order valence-corrected chi connectivity index (χ0v) is 12.7. The lowest BCUT2D eigenvalue weighted by Crippen LogP contribution is -2.23. The van der Waals surface area contributed by atoms with E-state index in [9.17, 15) is 12.8 Å². The summed E-state index contributed by atoms with van der Waals surface area (Å²) in [6.45, 7) is -0.0472. The highest BCUT2D eigenvalue weighted by atomic mass is 35.5. The molecule has 0 atom stereocenters. The van der Waals surface area contributed by atoms with E-state index in [0.29, 0.717) is 5.56 Å². The summed E-state index contributed by atoms with van der Waals surface area (Å²) in [5.41, 5.74) is 0.476. The molecule has 0 fully saturated rings. The Balaban J connectivity index is 2.16. The number of rotatable bonds is 5. The van der Waals surface area contributed by atoms with Crippen LogP contribution in [-0.4, -0.2) is 15.5 Å². The smallest absolute Gasteiger partial charge is 0.242 e. The summed E-state index contributed by atoms with van der Waals surface area (Å²) in [5, 5.41) is 0.130. The first-order chi connectivity index (χ1) is 9.94. The summed E-state index contributed by atoms with van der Waals surface area (Å²) in [5.74, 6) is -0.445. The predicted molar refractivity (Wildman–Crippen MR) is 78.4 cm³/mol. The van der Waals surface area contributed by atoms with Gasteiger partial charge in [0, 0.05) is 6.54 Å². The van der Waals surface area contributed by atoms with E-state index < -0.39 is 15.8 Å². The summed E-state index contributed by atoms with van der Waals surface area (Å²) in [7, 11) is -2.39. The molecule has 0 amide bonds. The van der Waals surface area contributed by atoms with Gasteiger partial charge in [-0.2, -0.15) is 0 Å². The highest BCUT2D eigenvalue weighted by Crippen LogP contribution is 2.21. The molecule has 0 aliphatic rings. The number of nitrogens with one attached hydrogen (secondary N) is 1. The molecular formula is C14H13ClFNO3S. The molecular weight excluding hydrogens is 317 g/mol. The molecule has 0 spiro atoms. The fraction of sp³-hybridized carbons (Fsp3) is 0.143. The average molecular weight is 330 g/mol. The standard InChI is InChI=1S/C14H13ClFNO3S/c1-20-13-7-6-10(8-12(13)16)9-17-21(18,19)14-5-3-2-4-11(14)15/h2-8,17H,9H2,1H3. The monoisotopic (exact) mass is 329 g/mol. The van der Waals surface area contributed by atoms with Crippen LogP contribution in [0.25, 0.3) is 0 Å². The molecule has 0 unspecified atom stereocenters. The number of halogens is 2. The Morgan fingerprint density at radius 1 is 1.24 bits per heavy atom. The SMILES string of the molecule is COc1ccc(CNS(=O)(=O)c2ccccc2Cl)cc1F. The van der Waals surface area contributed by atoms with Crippen LogP contribution in [0.15, 0.2) is 47.4 Å². The van der Waals surface area contributed by atoms with Gasteiger partial charge in [-0.3, -0.25) is 0 Å². The maximum atomic E-state index is 13.5. The van der Waals surface area contributed by atoms with Crippen molar-refractivity contribution >= 4 is 21.6 Å². The molecule has 4 nitrogen and oxygen atoms in total. The third-order valence-corrected chi connectivity index (χ3v) is 4.71. The fourth-order valence-corrected chi connectivity index (χ4v) is 3.27. The van der Waals surface area contributed by atoms with Crippen LogP contribution in [0, 0.1) is 5.82 Å². The first kappa shape index (κ1) is 15.8. The van der Waals surface area contributed by atoms with Crippen LogP contribution in [0.2, 0.25) is 5.02 Å². The minimum Gasteiger partial charge on any atom is -0.494 e. The second-order valence-corrected chi connectivity index (χ2v) is 6.37. The van der Waals surface area contributed by atoms with Crippen LogP contribution in [0.4, 0.5) is 4.39 Å². The van der Waals surface area contributed by atoms with Gasteiger partial charge in [-0.25, -0.2) is 17.5 Å². The van der Waals surface area contributed by atoms with E-state index in [1.165, 1.54) is 31.4 Å². The Bertz CT molecular complexity index is 750. The average Bonchev–Trinajstić information content (AvgIpc) is 2.45. The molecule has 2 aromatic carbocycles. The van der Waals surface area contributed by atoms with E-state index in [2.05, 4.69) is 4.72 Å². The van der Waals surface area contributed by atoms with Crippen LogP contribution in [0.3, 0.4) is 0 Å². The number of sulfonamides is 1. The molecule has 21 heavy (non-hydrogen) atoms. The normalized spacial score (nSPS) is 11.4. The highest BCUT2D eigenvalue weighted by molar-refractivity contribution is 7.89. The van der Waals surface area contributed by atoms with Crippen molar-refractivity contribution in [1.29, 1.82) is 0 Å². The van der Waals surface area contributed by atoms with Gasteiger partial charge in [0.05, 0.1) is 12.1 Å². The number of hydrogen-bond acceptors (Lipinski definition) is 3. The van der Waals surface area contributed by atoms with Crippen molar-refractivity contribution < 1.29 is 17.5 Å². The number of ether oxygens (including phenoxy) is 1. The third kappa shape index (κ3) is 3.72. The third-order valence-electron chi connectivity index (χ3n) is 2.81. The second-order valence-electron chi connectivity index (χ2n) is 4.22. The fourth-order valence-electron chi connectivity index (χ4n) is 1.74. The van der Waals surface area contributed by atoms with Crippen LogP contribution >= 0.6 is 11.6 Å². The topological polar surface area (TPSA) is 55.4 Å². The molecule has 1 N–H and O–H groups in total. The van der Waals surface area contributed by atoms with Crippen molar-refractivity contribution in [3.63, 3.8) is 0 Å². The van der Waals surface area contributed by atoms with Gasteiger partial charge in [0.1, 0.15) is 4.90 Å². The van der Waals surface area contributed by atoms with Crippen molar-refractivity contribution in [3.05, 3.63) is 58.9 Å². The summed E-state index contributed by atoms with van der Waals surface area (Å²) >= 11 is 5.86. The Hall–Kier alpha value is -1.63. The van der Waals surface area contributed by atoms with Gasteiger partial charge in [0.2, 0.25) is 10.0 Å². The predicted octanol–water partition coefficient (Wildman–Crippen LogP) is 2.97. The lowest BCUT2D eigenvalue weighted by atomic mass is 10.2. The molecule has 7 heteroatoms. The van der Waals surface area contributed by atoms with Crippen molar-refractivity contribution in [1.82, 2.24) is 4.72 Å². The molecule has 0 aliphatic heterocycles. The van der Waals surface area contributed by atoms with Gasteiger partial charge in [-0.15, -0.1) is 0 Å². The van der Waals surface area contributed by atoms with Crippen LogP contribution < -0.4 is 9.46 Å². The number of methoxy groups -OCH3 is 1. The maximum Gasteiger partial charge on any atom is 0.242 e.